The first-order valence-electron chi connectivity index (χ1n) is 12.2. The minimum Gasteiger partial charge on any atom is -0.485 e. The van der Waals surface area contributed by atoms with Gasteiger partial charge in [0.25, 0.3) is 0 Å². The summed E-state index contributed by atoms with van der Waals surface area (Å²) in [4.78, 5) is 0. The summed E-state index contributed by atoms with van der Waals surface area (Å²) >= 11 is 0. The van der Waals surface area contributed by atoms with E-state index in [9.17, 15) is 5.11 Å². The van der Waals surface area contributed by atoms with Gasteiger partial charge in [-0.1, -0.05) is 97.1 Å². The number of ether oxygens (including phenoxy) is 2. The van der Waals surface area contributed by atoms with E-state index >= 15 is 0 Å². The number of fused-ring (bicyclic) bond motifs is 1. The maximum atomic E-state index is 11.2. The van der Waals surface area contributed by atoms with Crippen LogP contribution in [0.15, 0.2) is 103 Å². The molecule has 0 heterocycles. The molecule has 2 atom stereocenters. The van der Waals surface area contributed by atoms with E-state index in [4.69, 9.17) is 9.47 Å². The molecule has 2 N–H and O–H groups in total. The second-order valence-corrected chi connectivity index (χ2v) is 8.97. The van der Waals surface area contributed by atoms with Gasteiger partial charge in [0.05, 0.1) is 6.10 Å². The zero-order chi connectivity index (χ0) is 23.9. The molecule has 5 rings (SSSR count). The van der Waals surface area contributed by atoms with Crippen molar-refractivity contribution in [3.63, 3.8) is 0 Å². The van der Waals surface area contributed by atoms with E-state index in [0.29, 0.717) is 19.0 Å². The SMILES string of the molecule is O[C@H]1c2ccc(OCc3ccccc3)c(OCc3ccccc3)c2CC[C@H]1NCc1ccccc1. The molecule has 0 unspecified atom stereocenters. The minimum atomic E-state index is -0.607. The van der Waals surface area contributed by atoms with Crippen molar-refractivity contribution in [1.82, 2.24) is 5.32 Å². The molecule has 4 heteroatoms. The molecule has 1 aliphatic rings. The number of nitrogens with one attached hydrogen (secondary N) is 1. The third-order valence-corrected chi connectivity index (χ3v) is 6.54. The standard InChI is InChI=1S/C31H31NO3/c33-30-26-17-19-29(34-21-24-12-6-2-7-13-24)31(35-22-25-14-8-3-9-15-25)27(26)16-18-28(30)32-20-23-10-4-1-5-11-23/h1-15,17,19,28,30,32-33H,16,18,20-22H2/t28-,30+/m1/s1. The third kappa shape index (κ3) is 5.73. The monoisotopic (exact) mass is 465 g/mol. The zero-order valence-electron chi connectivity index (χ0n) is 19.8. The van der Waals surface area contributed by atoms with Crippen molar-refractivity contribution < 1.29 is 14.6 Å². The number of hydrogen-bond donors (Lipinski definition) is 2. The molecule has 4 aromatic rings. The van der Waals surface area contributed by atoms with Gasteiger partial charge in [-0.3, -0.25) is 0 Å². The van der Waals surface area contributed by atoms with E-state index in [1.54, 1.807) is 0 Å². The second-order valence-electron chi connectivity index (χ2n) is 8.97. The van der Waals surface area contributed by atoms with E-state index in [0.717, 1.165) is 47.4 Å². The van der Waals surface area contributed by atoms with Crippen molar-refractivity contribution in [1.29, 1.82) is 0 Å². The van der Waals surface area contributed by atoms with Crippen LogP contribution in [0.2, 0.25) is 0 Å². The Morgan fingerprint density at radius 2 is 1.26 bits per heavy atom. The van der Waals surface area contributed by atoms with Gasteiger partial charge in [-0.05, 0) is 41.2 Å². The summed E-state index contributed by atoms with van der Waals surface area (Å²) in [5, 5.41) is 14.8. The fraction of sp³-hybridized carbons (Fsp3) is 0.226. The lowest BCUT2D eigenvalue weighted by Crippen LogP contribution is -2.38. The largest absolute Gasteiger partial charge is 0.485 e. The van der Waals surface area contributed by atoms with Gasteiger partial charge in [0.15, 0.2) is 11.5 Å². The lowest BCUT2D eigenvalue weighted by molar-refractivity contribution is 0.112. The van der Waals surface area contributed by atoms with Gasteiger partial charge < -0.3 is 19.9 Å². The van der Waals surface area contributed by atoms with Crippen molar-refractivity contribution in [2.45, 2.75) is 44.7 Å². The summed E-state index contributed by atoms with van der Waals surface area (Å²) in [7, 11) is 0. The molecule has 0 bridgehead atoms. The highest BCUT2D eigenvalue weighted by molar-refractivity contribution is 5.53. The lowest BCUT2D eigenvalue weighted by atomic mass is 9.85. The quantitative estimate of drug-likeness (QED) is 0.319. The Bertz CT molecular complexity index is 1210. The maximum absolute atomic E-state index is 11.2. The number of aliphatic hydroxyl groups is 1. The van der Waals surface area contributed by atoms with Crippen LogP contribution in [0, 0.1) is 0 Å². The van der Waals surface area contributed by atoms with Crippen LogP contribution in [-0.2, 0) is 26.2 Å². The molecule has 35 heavy (non-hydrogen) atoms. The Labute approximate surface area is 207 Å². The summed E-state index contributed by atoms with van der Waals surface area (Å²) in [6.45, 7) is 1.64. The van der Waals surface area contributed by atoms with Crippen LogP contribution in [0.1, 0.15) is 40.3 Å². The molecule has 4 nitrogen and oxygen atoms in total. The summed E-state index contributed by atoms with van der Waals surface area (Å²) in [5.74, 6) is 1.45. The molecule has 0 saturated carbocycles. The van der Waals surface area contributed by atoms with E-state index in [1.165, 1.54) is 5.56 Å². The third-order valence-electron chi connectivity index (χ3n) is 6.54. The van der Waals surface area contributed by atoms with Gasteiger partial charge in [-0.15, -0.1) is 0 Å². The Balaban J connectivity index is 1.37. The van der Waals surface area contributed by atoms with E-state index in [2.05, 4.69) is 41.7 Å². The molecular formula is C31H31NO3. The van der Waals surface area contributed by atoms with Crippen LogP contribution in [-0.4, -0.2) is 11.1 Å². The van der Waals surface area contributed by atoms with Gasteiger partial charge in [-0.2, -0.15) is 0 Å². The van der Waals surface area contributed by atoms with Crippen LogP contribution in [0.25, 0.3) is 0 Å². The number of hydrogen-bond acceptors (Lipinski definition) is 4. The predicted octanol–water partition coefficient (Wildman–Crippen LogP) is 5.98. The summed E-state index contributed by atoms with van der Waals surface area (Å²) in [6, 6.07) is 34.5. The molecule has 0 aliphatic heterocycles. The highest BCUT2D eigenvalue weighted by atomic mass is 16.5. The second kappa shape index (κ2) is 11.2. The van der Waals surface area contributed by atoms with Crippen molar-refractivity contribution in [3.8, 4) is 11.5 Å². The van der Waals surface area contributed by atoms with Gasteiger partial charge in [0.2, 0.25) is 0 Å². The Hall–Kier alpha value is -3.60. The van der Waals surface area contributed by atoms with E-state index in [1.807, 2.05) is 66.7 Å². The molecule has 0 amide bonds. The highest BCUT2D eigenvalue weighted by Crippen LogP contribution is 2.42. The molecule has 0 aromatic heterocycles. The molecule has 0 saturated heterocycles. The first-order chi connectivity index (χ1) is 17.3. The van der Waals surface area contributed by atoms with E-state index < -0.39 is 6.10 Å². The van der Waals surface area contributed by atoms with Crippen LogP contribution in [0.4, 0.5) is 0 Å². The van der Waals surface area contributed by atoms with Gasteiger partial charge >= 0.3 is 0 Å². The highest BCUT2D eigenvalue weighted by Gasteiger charge is 2.31. The molecule has 0 spiro atoms. The molecule has 4 aromatic carbocycles. The fourth-order valence-corrected chi connectivity index (χ4v) is 4.63. The van der Waals surface area contributed by atoms with Crippen LogP contribution < -0.4 is 14.8 Å². The minimum absolute atomic E-state index is 0.0132. The van der Waals surface area contributed by atoms with Crippen LogP contribution in [0.3, 0.4) is 0 Å². The summed E-state index contributed by atoms with van der Waals surface area (Å²) in [6.07, 6.45) is 1.03. The van der Waals surface area contributed by atoms with Crippen molar-refractivity contribution in [3.05, 3.63) is 131 Å². The first-order valence-corrected chi connectivity index (χ1v) is 12.2. The Morgan fingerprint density at radius 1 is 0.686 bits per heavy atom. The number of benzene rings is 4. The van der Waals surface area contributed by atoms with Crippen molar-refractivity contribution in [2.24, 2.45) is 0 Å². The first kappa shape index (κ1) is 23.2. The average Bonchev–Trinajstić information content (AvgIpc) is 2.92. The molecule has 0 fully saturated rings. The lowest BCUT2D eigenvalue weighted by Gasteiger charge is -2.32. The number of rotatable bonds is 9. The van der Waals surface area contributed by atoms with Gasteiger partial charge in [0, 0.05) is 18.2 Å². The Morgan fingerprint density at radius 3 is 1.89 bits per heavy atom. The van der Waals surface area contributed by atoms with E-state index in [-0.39, 0.29) is 6.04 Å². The molecule has 178 valence electrons. The topological polar surface area (TPSA) is 50.7 Å². The molecule has 1 aliphatic carbocycles. The molecular weight excluding hydrogens is 434 g/mol. The smallest absolute Gasteiger partial charge is 0.165 e. The number of aliphatic hydroxyl groups excluding tert-OH is 1. The average molecular weight is 466 g/mol. The zero-order valence-corrected chi connectivity index (χ0v) is 19.8. The van der Waals surface area contributed by atoms with Crippen molar-refractivity contribution >= 4 is 0 Å². The van der Waals surface area contributed by atoms with Crippen LogP contribution >= 0.6 is 0 Å². The normalized spacial score (nSPS) is 16.9. The van der Waals surface area contributed by atoms with Crippen molar-refractivity contribution in [2.75, 3.05) is 0 Å². The van der Waals surface area contributed by atoms with Crippen LogP contribution in [0.5, 0.6) is 11.5 Å². The van der Waals surface area contributed by atoms with Gasteiger partial charge in [0.1, 0.15) is 13.2 Å². The molecule has 0 radical (unpaired) electrons. The maximum Gasteiger partial charge on any atom is 0.165 e. The summed E-state index contributed by atoms with van der Waals surface area (Å²) < 4.78 is 12.6. The fourth-order valence-electron chi connectivity index (χ4n) is 4.63. The predicted molar refractivity (Wildman–Crippen MR) is 138 cm³/mol. The van der Waals surface area contributed by atoms with Gasteiger partial charge in [-0.25, -0.2) is 0 Å². The summed E-state index contributed by atoms with van der Waals surface area (Å²) in [5.41, 5.74) is 5.36. The Kier molecular flexibility index (Phi) is 7.42.